The van der Waals surface area contributed by atoms with E-state index in [2.05, 4.69) is 50.2 Å². The third kappa shape index (κ3) is 0.993. The molecule has 4 rings (SSSR count). The van der Waals surface area contributed by atoms with E-state index >= 15 is 0 Å². The van der Waals surface area contributed by atoms with Crippen molar-refractivity contribution < 1.29 is 0 Å². The third-order valence-electron chi connectivity index (χ3n) is 4.56. The van der Waals surface area contributed by atoms with Gasteiger partial charge in [-0.1, -0.05) is 50.2 Å². The molecule has 0 radical (unpaired) electrons. The monoisotopic (exact) mass is 220 g/mol. The van der Waals surface area contributed by atoms with Crippen LogP contribution < -0.4 is 0 Å². The molecule has 2 aliphatic carbocycles. The first-order valence-corrected chi connectivity index (χ1v) is 6.45. The molecule has 0 N–H and O–H groups in total. The molecule has 0 spiro atoms. The summed E-state index contributed by atoms with van der Waals surface area (Å²) in [6.07, 6.45) is 2.41. The number of aryl methyl sites for hydroxylation is 2. The van der Waals surface area contributed by atoms with Gasteiger partial charge in [-0.05, 0) is 46.2 Å². The van der Waals surface area contributed by atoms with Crippen molar-refractivity contribution in [2.75, 3.05) is 0 Å². The van der Waals surface area contributed by atoms with Crippen LogP contribution in [-0.4, -0.2) is 0 Å². The van der Waals surface area contributed by atoms with Gasteiger partial charge in [-0.25, -0.2) is 0 Å². The molecule has 0 unspecified atom stereocenters. The van der Waals surface area contributed by atoms with Gasteiger partial charge in [0.15, 0.2) is 0 Å². The largest absolute Gasteiger partial charge is 0.0616 e. The summed E-state index contributed by atoms with van der Waals surface area (Å²) in [6, 6.07) is 13.7. The molecule has 17 heavy (non-hydrogen) atoms. The van der Waals surface area contributed by atoms with Crippen molar-refractivity contribution in [3.8, 4) is 11.1 Å². The van der Waals surface area contributed by atoms with Crippen LogP contribution in [0.3, 0.4) is 0 Å². The Morgan fingerprint density at radius 2 is 1.24 bits per heavy atom. The lowest BCUT2D eigenvalue weighted by Crippen LogP contribution is -2.14. The van der Waals surface area contributed by atoms with Gasteiger partial charge < -0.3 is 0 Å². The summed E-state index contributed by atoms with van der Waals surface area (Å²) in [4.78, 5) is 0. The van der Waals surface area contributed by atoms with Crippen molar-refractivity contribution in [2.24, 2.45) is 0 Å². The van der Waals surface area contributed by atoms with Gasteiger partial charge in [-0.2, -0.15) is 0 Å². The van der Waals surface area contributed by atoms with Crippen LogP contribution >= 0.6 is 0 Å². The van der Waals surface area contributed by atoms with Gasteiger partial charge >= 0.3 is 0 Å². The fourth-order valence-corrected chi connectivity index (χ4v) is 3.66. The van der Waals surface area contributed by atoms with E-state index in [9.17, 15) is 0 Å². The molecule has 0 atom stereocenters. The third-order valence-corrected chi connectivity index (χ3v) is 4.56. The average Bonchev–Trinajstić information content (AvgIpc) is 2.59. The summed E-state index contributed by atoms with van der Waals surface area (Å²) in [6.45, 7) is 4.72. The Labute approximate surface area is 102 Å². The van der Waals surface area contributed by atoms with Crippen LogP contribution in [0.25, 0.3) is 11.1 Å². The zero-order chi connectivity index (χ0) is 11.6. The van der Waals surface area contributed by atoms with E-state index in [1.165, 1.54) is 24.0 Å². The summed E-state index contributed by atoms with van der Waals surface area (Å²) >= 11 is 0. The SMILES string of the molecule is CC1(C)c2cccc3c2-c2c(cccc21)CC3. The molecule has 0 aliphatic heterocycles. The Morgan fingerprint density at radius 1 is 0.765 bits per heavy atom. The fourth-order valence-electron chi connectivity index (χ4n) is 3.66. The molecule has 2 aromatic rings. The van der Waals surface area contributed by atoms with E-state index in [-0.39, 0.29) is 5.41 Å². The van der Waals surface area contributed by atoms with Crippen LogP contribution in [0.5, 0.6) is 0 Å². The normalized spacial score (nSPS) is 18.0. The number of rotatable bonds is 0. The minimum Gasteiger partial charge on any atom is -0.0616 e. The average molecular weight is 220 g/mol. The maximum Gasteiger partial charge on any atom is 0.0159 e. The predicted octanol–water partition coefficient (Wildman–Crippen LogP) is 4.09. The summed E-state index contributed by atoms with van der Waals surface area (Å²) in [7, 11) is 0. The first-order chi connectivity index (χ1) is 8.19. The topological polar surface area (TPSA) is 0 Å². The summed E-state index contributed by atoms with van der Waals surface area (Å²) < 4.78 is 0. The van der Waals surface area contributed by atoms with Crippen molar-refractivity contribution in [3.05, 3.63) is 58.7 Å². The van der Waals surface area contributed by atoms with Crippen LogP contribution in [0.1, 0.15) is 36.1 Å². The molecule has 0 heteroatoms. The van der Waals surface area contributed by atoms with Gasteiger partial charge in [0.25, 0.3) is 0 Å². The molecular formula is C17H16. The molecule has 0 heterocycles. The highest BCUT2D eigenvalue weighted by Gasteiger charge is 2.38. The number of hydrogen-bond donors (Lipinski definition) is 0. The molecule has 0 bridgehead atoms. The summed E-state index contributed by atoms with van der Waals surface area (Å²) in [5.74, 6) is 0. The molecule has 0 saturated carbocycles. The van der Waals surface area contributed by atoms with E-state index < -0.39 is 0 Å². The molecule has 0 amide bonds. The zero-order valence-electron chi connectivity index (χ0n) is 10.4. The van der Waals surface area contributed by atoms with E-state index in [1.54, 1.807) is 22.3 Å². The second-order valence-corrected chi connectivity index (χ2v) is 5.80. The van der Waals surface area contributed by atoms with Gasteiger partial charge in [0.05, 0.1) is 0 Å². The van der Waals surface area contributed by atoms with Crippen LogP contribution in [0.2, 0.25) is 0 Å². The van der Waals surface area contributed by atoms with Crippen molar-refractivity contribution in [3.63, 3.8) is 0 Å². The van der Waals surface area contributed by atoms with Gasteiger partial charge in [0, 0.05) is 5.41 Å². The first-order valence-electron chi connectivity index (χ1n) is 6.45. The highest BCUT2D eigenvalue weighted by Crippen LogP contribution is 2.53. The molecular weight excluding hydrogens is 204 g/mol. The Hall–Kier alpha value is -1.56. The van der Waals surface area contributed by atoms with Crippen molar-refractivity contribution in [2.45, 2.75) is 32.1 Å². The van der Waals surface area contributed by atoms with Crippen LogP contribution in [-0.2, 0) is 18.3 Å². The number of benzene rings is 2. The Kier molecular flexibility index (Phi) is 1.57. The highest BCUT2D eigenvalue weighted by molar-refractivity contribution is 5.86. The highest BCUT2D eigenvalue weighted by atomic mass is 14.4. The van der Waals surface area contributed by atoms with Gasteiger partial charge in [0.2, 0.25) is 0 Å². The Bertz CT molecular complexity index is 577. The smallest absolute Gasteiger partial charge is 0.0159 e. The van der Waals surface area contributed by atoms with Gasteiger partial charge in [0.1, 0.15) is 0 Å². The van der Waals surface area contributed by atoms with Crippen LogP contribution in [0.4, 0.5) is 0 Å². The van der Waals surface area contributed by atoms with E-state index in [0.29, 0.717) is 0 Å². The van der Waals surface area contributed by atoms with E-state index in [1.807, 2.05) is 0 Å². The second kappa shape index (κ2) is 2.81. The standard InChI is InChI=1S/C17H16/c1-17(2)13-7-3-5-11-9-10-12-6-4-8-14(17)16(12)15(11)13/h3-8H,9-10H2,1-2H3. The van der Waals surface area contributed by atoms with Crippen molar-refractivity contribution in [1.29, 1.82) is 0 Å². The van der Waals surface area contributed by atoms with Crippen molar-refractivity contribution >= 4 is 0 Å². The Morgan fingerprint density at radius 3 is 1.71 bits per heavy atom. The molecule has 0 saturated heterocycles. The Balaban J connectivity index is 2.23. The minimum absolute atomic E-state index is 0.182. The molecule has 2 aliphatic rings. The molecule has 0 fully saturated rings. The van der Waals surface area contributed by atoms with Crippen LogP contribution in [0, 0.1) is 0 Å². The second-order valence-electron chi connectivity index (χ2n) is 5.80. The molecule has 0 aromatic heterocycles. The van der Waals surface area contributed by atoms with E-state index in [0.717, 1.165) is 0 Å². The lowest BCUT2D eigenvalue weighted by molar-refractivity contribution is 0.660. The quantitative estimate of drug-likeness (QED) is 0.627. The summed E-state index contributed by atoms with van der Waals surface area (Å²) in [5.41, 5.74) is 9.43. The lowest BCUT2D eigenvalue weighted by atomic mass is 9.82. The fraction of sp³-hybridized carbons (Fsp3) is 0.294. The van der Waals surface area contributed by atoms with E-state index in [4.69, 9.17) is 0 Å². The zero-order valence-corrected chi connectivity index (χ0v) is 10.4. The minimum atomic E-state index is 0.182. The summed E-state index contributed by atoms with van der Waals surface area (Å²) in [5, 5.41) is 0. The molecule has 2 aromatic carbocycles. The van der Waals surface area contributed by atoms with Crippen molar-refractivity contribution in [1.82, 2.24) is 0 Å². The number of hydrogen-bond acceptors (Lipinski definition) is 0. The maximum atomic E-state index is 2.36. The predicted molar refractivity (Wildman–Crippen MR) is 71.4 cm³/mol. The lowest BCUT2D eigenvalue weighted by Gasteiger charge is -2.21. The first kappa shape index (κ1) is 9.47. The maximum absolute atomic E-state index is 2.36. The van der Waals surface area contributed by atoms with Gasteiger partial charge in [-0.3, -0.25) is 0 Å². The molecule has 0 nitrogen and oxygen atoms in total. The van der Waals surface area contributed by atoms with Gasteiger partial charge in [-0.15, -0.1) is 0 Å². The molecule has 84 valence electrons. The van der Waals surface area contributed by atoms with Crippen LogP contribution in [0.15, 0.2) is 36.4 Å².